The van der Waals surface area contributed by atoms with Crippen molar-refractivity contribution in [2.45, 2.75) is 34.2 Å². The number of benzene rings is 1. The van der Waals surface area contributed by atoms with Crippen LogP contribution in [0.25, 0.3) is 0 Å². The van der Waals surface area contributed by atoms with E-state index in [-0.39, 0.29) is 11.4 Å². The molecule has 1 aromatic rings. The number of hydrogen-bond acceptors (Lipinski definition) is 1. The van der Waals surface area contributed by atoms with Gasteiger partial charge in [0.15, 0.2) is 0 Å². The zero-order valence-electron chi connectivity index (χ0n) is 11.9. The summed E-state index contributed by atoms with van der Waals surface area (Å²) >= 11 is 0. The highest BCUT2D eigenvalue weighted by Crippen LogP contribution is 2.11. The first-order valence-electron chi connectivity index (χ1n) is 6.49. The van der Waals surface area contributed by atoms with Gasteiger partial charge in [-0.25, -0.2) is 4.79 Å². The van der Waals surface area contributed by atoms with Gasteiger partial charge in [0.25, 0.3) is 0 Å². The molecular formula is C15H24N2O. The van der Waals surface area contributed by atoms with E-state index in [2.05, 4.69) is 26.1 Å². The Balaban J connectivity index is 2.53. The molecule has 0 aliphatic heterocycles. The van der Waals surface area contributed by atoms with E-state index < -0.39 is 0 Å². The van der Waals surface area contributed by atoms with E-state index in [4.69, 9.17) is 0 Å². The lowest BCUT2D eigenvalue weighted by Gasteiger charge is -2.25. The Kier molecular flexibility index (Phi) is 5.20. The zero-order valence-corrected chi connectivity index (χ0v) is 11.9. The minimum Gasteiger partial charge on any atom is -0.337 e. The summed E-state index contributed by atoms with van der Waals surface area (Å²) in [5, 5.41) is 2.98. The normalized spacial score (nSPS) is 11.1. The van der Waals surface area contributed by atoms with Crippen LogP contribution >= 0.6 is 0 Å². The Labute approximate surface area is 110 Å². The summed E-state index contributed by atoms with van der Waals surface area (Å²) < 4.78 is 0. The second-order valence-electron chi connectivity index (χ2n) is 5.72. The average molecular weight is 248 g/mol. The Morgan fingerprint density at radius 2 is 1.83 bits per heavy atom. The minimum absolute atomic E-state index is 0.0104. The summed E-state index contributed by atoms with van der Waals surface area (Å²) in [4.78, 5) is 13.9. The van der Waals surface area contributed by atoms with Crippen LogP contribution in [0.3, 0.4) is 0 Å². The van der Waals surface area contributed by atoms with Crippen LogP contribution in [0.4, 0.5) is 4.79 Å². The molecule has 0 saturated carbocycles. The molecule has 2 amide bonds. The number of hydrogen-bond donors (Lipinski definition) is 1. The molecule has 0 unspecified atom stereocenters. The largest absolute Gasteiger partial charge is 0.337 e. The van der Waals surface area contributed by atoms with Crippen molar-refractivity contribution in [2.24, 2.45) is 5.41 Å². The average Bonchev–Trinajstić information content (AvgIpc) is 2.33. The van der Waals surface area contributed by atoms with Crippen LogP contribution in [0.1, 0.15) is 33.3 Å². The summed E-state index contributed by atoms with van der Waals surface area (Å²) in [6.45, 7) is 10.4. The number of nitrogens with one attached hydrogen (secondary N) is 1. The molecule has 0 atom stereocenters. The lowest BCUT2D eigenvalue weighted by atomic mass is 9.97. The van der Waals surface area contributed by atoms with Crippen molar-refractivity contribution in [1.29, 1.82) is 0 Å². The number of urea groups is 1. The van der Waals surface area contributed by atoms with Crippen molar-refractivity contribution in [3.8, 4) is 0 Å². The van der Waals surface area contributed by atoms with Gasteiger partial charge in [0.05, 0.1) is 0 Å². The fourth-order valence-electron chi connectivity index (χ4n) is 1.58. The van der Waals surface area contributed by atoms with Crippen LogP contribution in [-0.2, 0) is 6.54 Å². The fourth-order valence-corrected chi connectivity index (χ4v) is 1.58. The molecule has 0 saturated heterocycles. The van der Waals surface area contributed by atoms with Crippen LogP contribution in [0.5, 0.6) is 0 Å². The monoisotopic (exact) mass is 248 g/mol. The van der Waals surface area contributed by atoms with Crippen LogP contribution < -0.4 is 5.32 Å². The molecule has 3 heteroatoms. The molecule has 1 N–H and O–H groups in total. The Morgan fingerprint density at radius 1 is 1.22 bits per heavy atom. The van der Waals surface area contributed by atoms with E-state index in [1.54, 1.807) is 0 Å². The van der Waals surface area contributed by atoms with Gasteiger partial charge in [0, 0.05) is 19.6 Å². The third-order valence-corrected chi connectivity index (χ3v) is 2.66. The maximum Gasteiger partial charge on any atom is 0.317 e. The molecule has 0 spiro atoms. The lowest BCUT2D eigenvalue weighted by Crippen LogP contribution is -2.42. The summed E-state index contributed by atoms with van der Waals surface area (Å²) in [5.74, 6) is 0. The minimum atomic E-state index is 0.0104. The Morgan fingerprint density at radius 3 is 2.33 bits per heavy atom. The highest BCUT2D eigenvalue weighted by Gasteiger charge is 2.15. The predicted octanol–water partition coefficient (Wildman–Crippen LogP) is 3.26. The number of rotatable bonds is 4. The number of nitrogens with zero attached hydrogens (tertiary/aromatic N) is 1. The van der Waals surface area contributed by atoms with Gasteiger partial charge in [-0.15, -0.1) is 0 Å². The maximum absolute atomic E-state index is 12.0. The van der Waals surface area contributed by atoms with Gasteiger partial charge < -0.3 is 10.2 Å². The van der Waals surface area contributed by atoms with Crippen LogP contribution in [0.15, 0.2) is 30.3 Å². The van der Waals surface area contributed by atoms with Gasteiger partial charge in [0.1, 0.15) is 0 Å². The second-order valence-corrected chi connectivity index (χ2v) is 5.72. The zero-order chi connectivity index (χ0) is 13.6. The molecule has 18 heavy (non-hydrogen) atoms. The van der Waals surface area contributed by atoms with E-state index in [9.17, 15) is 4.79 Å². The van der Waals surface area contributed by atoms with E-state index >= 15 is 0 Å². The number of carbonyl (C=O) groups excluding carboxylic acids is 1. The molecule has 0 fully saturated rings. The van der Waals surface area contributed by atoms with Crippen molar-refractivity contribution >= 4 is 6.03 Å². The van der Waals surface area contributed by atoms with Crippen LogP contribution in [-0.4, -0.2) is 24.0 Å². The lowest BCUT2D eigenvalue weighted by molar-refractivity contribution is 0.193. The molecule has 0 bridgehead atoms. The predicted molar refractivity (Wildman–Crippen MR) is 75.4 cm³/mol. The van der Waals surface area contributed by atoms with Crippen molar-refractivity contribution in [2.75, 3.05) is 13.1 Å². The van der Waals surface area contributed by atoms with Gasteiger partial charge in [-0.1, -0.05) is 51.1 Å². The molecule has 0 aromatic heterocycles. The summed E-state index contributed by atoms with van der Waals surface area (Å²) in [6, 6.07) is 10.1. The molecule has 0 aliphatic carbocycles. The van der Waals surface area contributed by atoms with Crippen molar-refractivity contribution in [3.05, 3.63) is 35.9 Å². The van der Waals surface area contributed by atoms with Crippen molar-refractivity contribution < 1.29 is 4.79 Å². The van der Waals surface area contributed by atoms with E-state index in [1.165, 1.54) is 0 Å². The van der Waals surface area contributed by atoms with Gasteiger partial charge in [-0.3, -0.25) is 0 Å². The van der Waals surface area contributed by atoms with Gasteiger partial charge in [-0.2, -0.15) is 0 Å². The summed E-state index contributed by atoms with van der Waals surface area (Å²) in [5.41, 5.74) is 1.27. The number of amides is 2. The van der Waals surface area contributed by atoms with E-state index in [0.717, 1.165) is 5.56 Å². The molecular weight excluding hydrogens is 224 g/mol. The first-order chi connectivity index (χ1) is 8.42. The fraction of sp³-hybridized carbons (Fsp3) is 0.533. The third-order valence-electron chi connectivity index (χ3n) is 2.66. The topological polar surface area (TPSA) is 32.3 Å². The molecule has 100 valence electrons. The van der Waals surface area contributed by atoms with E-state index in [0.29, 0.717) is 19.6 Å². The molecule has 0 aliphatic rings. The molecule has 0 heterocycles. The van der Waals surface area contributed by atoms with Crippen LogP contribution in [0.2, 0.25) is 0 Å². The van der Waals surface area contributed by atoms with E-state index in [1.807, 2.05) is 42.2 Å². The Bertz CT molecular complexity index is 368. The summed E-state index contributed by atoms with van der Waals surface area (Å²) in [7, 11) is 0. The standard InChI is InChI=1S/C15H24N2O/c1-5-17(11-13-9-7-6-8-10-13)14(18)16-12-15(2,3)4/h6-10H,5,11-12H2,1-4H3,(H,16,18). The highest BCUT2D eigenvalue weighted by molar-refractivity contribution is 5.74. The molecule has 0 radical (unpaired) electrons. The SMILES string of the molecule is CCN(Cc1ccccc1)C(=O)NCC(C)(C)C. The van der Waals surface area contributed by atoms with Gasteiger partial charge in [0.2, 0.25) is 0 Å². The highest BCUT2D eigenvalue weighted by atomic mass is 16.2. The second kappa shape index (κ2) is 6.43. The molecule has 1 aromatic carbocycles. The summed E-state index contributed by atoms with van der Waals surface area (Å²) in [6.07, 6.45) is 0. The quantitative estimate of drug-likeness (QED) is 0.871. The first kappa shape index (κ1) is 14.6. The Hall–Kier alpha value is -1.51. The maximum atomic E-state index is 12.0. The number of carbonyl (C=O) groups is 1. The third kappa shape index (κ3) is 5.21. The van der Waals surface area contributed by atoms with Gasteiger partial charge >= 0.3 is 6.03 Å². The van der Waals surface area contributed by atoms with Crippen molar-refractivity contribution in [1.82, 2.24) is 10.2 Å². The van der Waals surface area contributed by atoms with Gasteiger partial charge in [-0.05, 0) is 17.9 Å². The smallest absolute Gasteiger partial charge is 0.317 e. The molecule has 1 rings (SSSR count). The molecule has 3 nitrogen and oxygen atoms in total. The van der Waals surface area contributed by atoms with Crippen LogP contribution in [0, 0.1) is 5.41 Å². The van der Waals surface area contributed by atoms with Crippen molar-refractivity contribution in [3.63, 3.8) is 0 Å². The first-order valence-corrected chi connectivity index (χ1v) is 6.49.